The van der Waals surface area contributed by atoms with Crippen molar-refractivity contribution in [3.8, 4) is 5.75 Å². The molecule has 1 heterocycles. The van der Waals surface area contributed by atoms with Gasteiger partial charge in [-0.1, -0.05) is 12.1 Å². The highest BCUT2D eigenvalue weighted by Gasteiger charge is 2.24. The largest absolute Gasteiger partial charge is 0.490 e. The van der Waals surface area contributed by atoms with Crippen LogP contribution in [0.15, 0.2) is 36.8 Å². The van der Waals surface area contributed by atoms with Gasteiger partial charge in [0.05, 0.1) is 30.4 Å². The molecule has 0 bridgehead atoms. The lowest BCUT2D eigenvalue weighted by Gasteiger charge is -2.18. The number of nitrogens with one attached hydrogen (secondary N) is 1. The number of rotatable bonds is 5. The molecular weight excluding hydrogens is 238 g/mol. The van der Waals surface area contributed by atoms with Crippen molar-refractivity contribution in [3.63, 3.8) is 0 Å². The maximum absolute atomic E-state index is 5.86. The Bertz CT molecular complexity index is 560. The summed E-state index contributed by atoms with van der Waals surface area (Å²) in [5.41, 5.74) is 2.34. The summed E-state index contributed by atoms with van der Waals surface area (Å²) in [6.45, 7) is 0. The number of ether oxygens (including phenoxy) is 1. The van der Waals surface area contributed by atoms with Crippen LogP contribution in [-0.4, -0.2) is 22.7 Å². The Hall–Kier alpha value is -1.81. The number of aryl methyl sites for hydroxylation is 1. The Balaban J connectivity index is 1.88. The van der Waals surface area contributed by atoms with Crippen LogP contribution in [0.2, 0.25) is 0 Å². The fourth-order valence-corrected chi connectivity index (χ4v) is 2.28. The predicted molar refractivity (Wildman–Crippen MR) is 74.2 cm³/mol. The monoisotopic (exact) mass is 257 g/mol. The molecule has 19 heavy (non-hydrogen) atoms. The van der Waals surface area contributed by atoms with Crippen LogP contribution < -0.4 is 10.1 Å². The van der Waals surface area contributed by atoms with Gasteiger partial charge < -0.3 is 14.6 Å². The van der Waals surface area contributed by atoms with Gasteiger partial charge in [-0.3, -0.25) is 0 Å². The molecule has 1 atom stereocenters. The van der Waals surface area contributed by atoms with Crippen molar-refractivity contribution >= 4 is 0 Å². The topological polar surface area (TPSA) is 39.1 Å². The number of imidazole rings is 1. The molecule has 1 aromatic heterocycles. The van der Waals surface area contributed by atoms with Crippen LogP contribution in [0.1, 0.15) is 30.1 Å². The number of hydrogen-bond donors (Lipinski definition) is 1. The molecule has 4 heteroatoms. The Morgan fingerprint density at radius 2 is 2.26 bits per heavy atom. The fraction of sp³-hybridized carbons (Fsp3) is 0.400. The van der Waals surface area contributed by atoms with E-state index in [-0.39, 0.29) is 6.04 Å². The third-order valence-corrected chi connectivity index (χ3v) is 3.46. The molecule has 1 N–H and O–H groups in total. The number of hydrogen-bond acceptors (Lipinski definition) is 3. The van der Waals surface area contributed by atoms with Gasteiger partial charge in [-0.25, -0.2) is 4.98 Å². The molecule has 1 fully saturated rings. The standard InChI is InChI=1S/C15H19N3O/c1-16-15(14-9-17-10-18(14)2)11-4-3-5-13(8-11)19-12-6-7-12/h3-5,8-10,12,15-16H,6-7H2,1-2H3. The van der Waals surface area contributed by atoms with E-state index < -0.39 is 0 Å². The summed E-state index contributed by atoms with van der Waals surface area (Å²) in [4.78, 5) is 4.19. The van der Waals surface area contributed by atoms with E-state index in [0.717, 1.165) is 11.4 Å². The molecule has 2 aromatic rings. The van der Waals surface area contributed by atoms with Crippen molar-refractivity contribution < 1.29 is 4.74 Å². The lowest BCUT2D eigenvalue weighted by molar-refractivity contribution is 0.302. The molecule has 1 aliphatic carbocycles. The smallest absolute Gasteiger partial charge is 0.120 e. The van der Waals surface area contributed by atoms with Crippen LogP contribution in [-0.2, 0) is 7.05 Å². The van der Waals surface area contributed by atoms with Crippen LogP contribution in [0, 0.1) is 0 Å². The summed E-state index contributed by atoms with van der Waals surface area (Å²) in [6.07, 6.45) is 6.52. The maximum Gasteiger partial charge on any atom is 0.120 e. The number of benzene rings is 1. The fourth-order valence-electron chi connectivity index (χ4n) is 2.28. The Labute approximate surface area is 113 Å². The SMILES string of the molecule is CNC(c1cccc(OC2CC2)c1)c1cncn1C. The van der Waals surface area contributed by atoms with E-state index in [9.17, 15) is 0 Å². The zero-order valence-corrected chi connectivity index (χ0v) is 11.3. The van der Waals surface area contributed by atoms with Crippen LogP contribution in [0.4, 0.5) is 0 Å². The molecule has 1 unspecified atom stereocenters. The van der Waals surface area contributed by atoms with Gasteiger partial charge in [0.25, 0.3) is 0 Å². The summed E-state index contributed by atoms with van der Waals surface area (Å²) < 4.78 is 7.90. The van der Waals surface area contributed by atoms with Crippen molar-refractivity contribution in [3.05, 3.63) is 48.0 Å². The van der Waals surface area contributed by atoms with Gasteiger partial charge in [0.15, 0.2) is 0 Å². The summed E-state index contributed by atoms with van der Waals surface area (Å²) >= 11 is 0. The van der Waals surface area contributed by atoms with Crippen molar-refractivity contribution in [2.75, 3.05) is 7.05 Å². The van der Waals surface area contributed by atoms with Crippen molar-refractivity contribution in [1.29, 1.82) is 0 Å². The molecule has 0 amide bonds. The molecule has 0 radical (unpaired) electrons. The molecule has 1 aromatic carbocycles. The van der Waals surface area contributed by atoms with Gasteiger partial charge in [-0.15, -0.1) is 0 Å². The Morgan fingerprint density at radius 3 is 2.89 bits per heavy atom. The summed E-state index contributed by atoms with van der Waals surface area (Å²) in [5, 5.41) is 3.34. The van der Waals surface area contributed by atoms with Crippen LogP contribution in [0.5, 0.6) is 5.75 Å². The van der Waals surface area contributed by atoms with E-state index in [2.05, 4.69) is 22.4 Å². The highest BCUT2D eigenvalue weighted by molar-refractivity contribution is 5.34. The molecular formula is C15H19N3O. The first-order valence-electron chi connectivity index (χ1n) is 6.68. The summed E-state index contributed by atoms with van der Waals surface area (Å²) in [5.74, 6) is 0.961. The number of nitrogens with zero attached hydrogens (tertiary/aromatic N) is 2. The minimum absolute atomic E-state index is 0.134. The molecule has 0 saturated heterocycles. The van der Waals surface area contributed by atoms with Gasteiger partial charge in [0.2, 0.25) is 0 Å². The van der Waals surface area contributed by atoms with E-state index in [1.807, 2.05) is 43.3 Å². The van der Waals surface area contributed by atoms with E-state index in [0.29, 0.717) is 6.10 Å². The molecule has 1 aliphatic rings. The van der Waals surface area contributed by atoms with Crippen molar-refractivity contribution in [2.45, 2.75) is 25.0 Å². The highest BCUT2D eigenvalue weighted by Crippen LogP contribution is 2.29. The first-order chi connectivity index (χ1) is 9.28. The Morgan fingerprint density at radius 1 is 1.42 bits per heavy atom. The van der Waals surface area contributed by atoms with Gasteiger partial charge >= 0.3 is 0 Å². The zero-order chi connectivity index (χ0) is 13.2. The van der Waals surface area contributed by atoms with Gasteiger partial charge in [-0.2, -0.15) is 0 Å². The number of aromatic nitrogens is 2. The van der Waals surface area contributed by atoms with Crippen LogP contribution >= 0.6 is 0 Å². The second kappa shape index (κ2) is 5.05. The Kier molecular flexibility index (Phi) is 3.25. The van der Waals surface area contributed by atoms with Gasteiger partial charge in [0.1, 0.15) is 5.75 Å². The third-order valence-electron chi connectivity index (χ3n) is 3.46. The molecule has 0 spiro atoms. The summed E-state index contributed by atoms with van der Waals surface area (Å²) in [7, 11) is 3.98. The minimum Gasteiger partial charge on any atom is -0.490 e. The molecule has 3 rings (SSSR count). The first-order valence-corrected chi connectivity index (χ1v) is 6.68. The van der Waals surface area contributed by atoms with Crippen molar-refractivity contribution in [1.82, 2.24) is 14.9 Å². The predicted octanol–water partition coefficient (Wildman–Crippen LogP) is 2.27. The molecule has 0 aliphatic heterocycles. The molecule has 100 valence electrons. The average Bonchev–Trinajstić information content (AvgIpc) is 3.13. The quantitative estimate of drug-likeness (QED) is 0.893. The molecule has 1 saturated carbocycles. The van der Waals surface area contributed by atoms with Gasteiger partial charge in [0, 0.05) is 7.05 Å². The van der Waals surface area contributed by atoms with Crippen LogP contribution in [0.3, 0.4) is 0 Å². The van der Waals surface area contributed by atoms with Crippen molar-refractivity contribution in [2.24, 2.45) is 7.05 Å². The third kappa shape index (κ3) is 2.63. The maximum atomic E-state index is 5.86. The zero-order valence-electron chi connectivity index (χ0n) is 11.3. The molecule has 4 nitrogen and oxygen atoms in total. The second-order valence-electron chi connectivity index (χ2n) is 5.04. The van der Waals surface area contributed by atoms with E-state index >= 15 is 0 Å². The van der Waals surface area contributed by atoms with E-state index in [4.69, 9.17) is 4.74 Å². The van der Waals surface area contributed by atoms with E-state index in [1.54, 1.807) is 0 Å². The second-order valence-corrected chi connectivity index (χ2v) is 5.04. The highest BCUT2D eigenvalue weighted by atomic mass is 16.5. The summed E-state index contributed by atoms with van der Waals surface area (Å²) in [6, 6.07) is 8.45. The van der Waals surface area contributed by atoms with E-state index in [1.165, 1.54) is 18.4 Å². The average molecular weight is 257 g/mol. The van der Waals surface area contributed by atoms with Crippen LogP contribution in [0.25, 0.3) is 0 Å². The normalized spacial score (nSPS) is 16.3. The lowest BCUT2D eigenvalue weighted by Crippen LogP contribution is -2.20. The lowest BCUT2D eigenvalue weighted by atomic mass is 10.0. The first kappa shape index (κ1) is 12.2. The minimum atomic E-state index is 0.134. The van der Waals surface area contributed by atoms with Gasteiger partial charge in [-0.05, 0) is 37.6 Å².